The number of ether oxygens (including phenoxy) is 2. The SMILES string of the molecule is CC(=O)O[C@H]1C=C[C@@H](C#C[Si](C)(C)C)OC1. The lowest BCUT2D eigenvalue weighted by Crippen LogP contribution is -2.28. The van der Waals surface area contributed by atoms with Crippen LogP contribution in [0.25, 0.3) is 0 Å². The van der Waals surface area contributed by atoms with Crippen molar-refractivity contribution in [1.82, 2.24) is 0 Å². The normalized spacial score (nSPS) is 24.5. The van der Waals surface area contributed by atoms with Crippen LogP contribution in [0.3, 0.4) is 0 Å². The van der Waals surface area contributed by atoms with Gasteiger partial charge >= 0.3 is 5.97 Å². The van der Waals surface area contributed by atoms with E-state index in [1.807, 2.05) is 12.2 Å². The van der Waals surface area contributed by atoms with Crippen LogP contribution in [0.1, 0.15) is 6.92 Å². The van der Waals surface area contributed by atoms with Crippen LogP contribution >= 0.6 is 0 Å². The predicted molar refractivity (Wildman–Crippen MR) is 65.6 cm³/mol. The summed E-state index contributed by atoms with van der Waals surface area (Å²) < 4.78 is 10.5. The highest BCUT2D eigenvalue weighted by Gasteiger charge is 2.17. The standard InChI is InChI=1S/C12H18O3Si/c1-10(13)15-12-6-5-11(14-9-12)7-8-16(2,3)4/h5-6,11-12H,9H2,1-4H3/t11-,12-/m0/s1. The van der Waals surface area contributed by atoms with Gasteiger partial charge in [-0.1, -0.05) is 25.6 Å². The van der Waals surface area contributed by atoms with Crippen LogP contribution in [0.2, 0.25) is 19.6 Å². The quantitative estimate of drug-likeness (QED) is 0.302. The minimum atomic E-state index is -1.34. The van der Waals surface area contributed by atoms with E-state index in [1.54, 1.807) is 0 Å². The fraction of sp³-hybridized carbons (Fsp3) is 0.583. The van der Waals surface area contributed by atoms with Crippen LogP contribution in [-0.4, -0.2) is 32.9 Å². The number of rotatable bonds is 1. The third-order valence-corrected chi connectivity index (χ3v) is 2.74. The average molecular weight is 238 g/mol. The smallest absolute Gasteiger partial charge is 0.303 e. The van der Waals surface area contributed by atoms with Gasteiger partial charge in [0.2, 0.25) is 0 Å². The Morgan fingerprint density at radius 3 is 2.56 bits per heavy atom. The van der Waals surface area contributed by atoms with Gasteiger partial charge in [-0.15, -0.1) is 5.54 Å². The van der Waals surface area contributed by atoms with Crippen molar-refractivity contribution in [3.8, 4) is 11.5 Å². The fourth-order valence-corrected chi connectivity index (χ4v) is 1.77. The zero-order chi connectivity index (χ0) is 12.2. The van der Waals surface area contributed by atoms with Gasteiger partial charge in [0.05, 0.1) is 6.61 Å². The van der Waals surface area contributed by atoms with Crippen molar-refractivity contribution < 1.29 is 14.3 Å². The molecule has 0 aromatic heterocycles. The number of esters is 1. The van der Waals surface area contributed by atoms with Crippen LogP contribution in [-0.2, 0) is 14.3 Å². The van der Waals surface area contributed by atoms with Gasteiger partial charge in [-0.05, 0) is 12.2 Å². The first-order chi connectivity index (χ1) is 7.37. The maximum absolute atomic E-state index is 10.7. The lowest BCUT2D eigenvalue weighted by atomic mass is 10.2. The Balaban J connectivity index is 2.51. The molecular formula is C12H18O3Si. The Morgan fingerprint density at radius 2 is 2.12 bits per heavy atom. The average Bonchev–Trinajstić information content (AvgIpc) is 2.14. The number of hydrogen-bond acceptors (Lipinski definition) is 3. The lowest BCUT2D eigenvalue weighted by Gasteiger charge is -2.20. The number of carbonyl (C=O) groups excluding carboxylic acids is 1. The van der Waals surface area contributed by atoms with Gasteiger partial charge in [0.15, 0.2) is 0 Å². The molecule has 0 aromatic carbocycles. The molecule has 1 rings (SSSR count). The van der Waals surface area contributed by atoms with Gasteiger partial charge in [0.25, 0.3) is 0 Å². The number of hydrogen-bond donors (Lipinski definition) is 0. The van der Waals surface area contributed by atoms with Crippen molar-refractivity contribution >= 4 is 14.0 Å². The second-order valence-corrected chi connectivity index (χ2v) is 9.56. The summed E-state index contributed by atoms with van der Waals surface area (Å²) in [5, 5.41) is 0. The molecule has 0 aromatic rings. The van der Waals surface area contributed by atoms with Crippen molar-refractivity contribution in [1.29, 1.82) is 0 Å². The lowest BCUT2D eigenvalue weighted by molar-refractivity contribution is -0.147. The Kier molecular flexibility index (Phi) is 4.33. The number of carbonyl (C=O) groups is 1. The monoisotopic (exact) mass is 238 g/mol. The largest absolute Gasteiger partial charge is 0.456 e. The highest BCUT2D eigenvalue weighted by atomic mass is 28.3. The molecule has 3 nitrogen and oxygen atoms in total. The molecule has 16 heavy (non-hydrogen) atoms. The maximum atomic E-state index is 10.7. The molecule has 0 N–H and O–H groups in total. The van der Waals surface area contributed by atoms with Crippen molar-refractivity contribution in [2.75, 3.05) is 6.61 Å². The molecule has 0 fully saturated rings. The van der Waals surface area contributed by atoms with E-state index in [0.29, 0.717) is 6.61 Å². The Labute approximate surface area is 97.8 Å². The fourth-order valence-electron chi connectivity index (χ4n) is 1.20. The molecule has 1 heterocycles. The van der Waals surface area contributed by atoms with Crippen LogP contribution in [0.5, 0.6) is 0 Å². The van der Waals surface area contributed by atoms with Crippen molar-refractivity contribution in [3.63, 3.8) is 0 Å². The van der Waals surface area contributed by atoms with Crippen molar-refractivity contribution in [3.05, 3.63) is 12.2 Å². The third kappa shape index (κ3) is 5.15. The minimum Gasteiger partial charge on any atom is -0.456 e. The highest BCUT2D eigenvalue weighted by molar-refractivity contribution is 6.83. The van der Waals surface area contributed by atoms with E-state index in [1.165, 1.54) is 6.92 Å². The molecule has 0 spiro atoms. The second-order valence-electron chi connectivity index (χ2n) is 4.81. The summed E-state index contributed by atoms with van der Waals surface area (Å²) >= 11 is 0. The molecule has 2 atom stereocenters. The van der Waals surface area contributed by atoms with Gasteiger partial charge in [-0.3, -0.25) is 4.79 Å². The van der Waals surface area contributed by atoms with E-state index < -0.39 is 8.07 Å². The summed E-state index contributed by atoms with van der Waals surface area (Å²) in [6.07, 6.45) is 3.28. The van der Waals surface area contributed by atoms with E-state index in [-0.39, 0.29) is 18.2 Å². The van der Waals surface area contributed by atoms with Crippen LogP contribution in [0.15, 0.2) is 12.2 Å². The maximum Gasteiger partial charge on any atom is 0.303 e. The van der Waals surface area contributed by atoms with Gasteiger partial charge in [0.1, 0.15) is 20.3 Å². The Hall–Kier alpha value is -1.05. The van der Waals surface area contributed by atoms with Crippen molar-refractivity contribution in [2.45, 2.75) is 38.8 Å². The minimum absolute atomic E-state index is 0.154. The highest BCUT2D eigenvalue weighted by Crippen LogP contribution is 2.08. The molecule has 1 aliphatic rings. The Morgan fingerprint density at radius 1 is 1.44 bits per heavy atom. The summed E-state index contributed by atoms with van der Waals surface area (Å²) in [6, 6.07) is 0. The molecule has 0 unspecified atom stereocenters. The van der Waals surface area contributed by atoms with E-state index in [4.69, 9.17) is 9.47 Å². The molecule has 0 bridgehead atoms. The summed E-state index contributed by atoms with van der Waals surface area (Å²) in [5.74, 6) is 2.81. The van der Waals surface area contributed by atoms with Crippen molar-refractivity contribution in [2.24, 2.45) is 0 Å². The molecule has 0 aliphatic carbocycles. The molecule has 0 saturated carbocycles. The third-order valence-electron chi connectivity index (χ3n) is 1.85. The van der Waals surface area contributed by atoms with E-state index >= 15 is 0 Å². The van der Waals surface area contributed by atoms with Gasteiger partial charge in [-0.2, -0.15) is 0 Å². The van der Waals surface area contributed by atoms with E-state index in [9.17, 15) is 4.79 Å². The van der Waals surface area contributed by atoms with Crippen LogP contribution in [0, 0.1) is 11.5 Å². The van der Waals surface area contributed by atoms with Crippen LogP contribution < -0.4 is 0 Å². The zero-order valence-electron chi connectivity index (χ0n) is 10.2. The predicted octanol–water partition coefficient (Wildman–Crippen LogP) is 1.75. The summed E-state index contributed by atoms with van der Waals surface area (Å²) in [4.78, 5) is 10.7. The molecule has 1 aliphatic heterocycles. The molecular weight excluding hydrogens is 220 g/mol. The summed E-state index contributed by atoms with van der Waals surface area (Å²) in [5.41, 5.74) is 3.25. The van der Waals surface area contributed by atoms with Gasteiger partial charge in [0, 0.05) is 6.92 Å². The topological polar surface area (TPSA) is 35.5 Å². The first-order valence-electron chi connectivity index (χ1n) is 5.37. The van der Waals surface area contributed by atoms with Gasteiger partial charge < -0.3 is 9.47 Å². The molecule has 0 radical (unpaired) electrons. The molecule has 0 amide bonds. The molecule has 4 heteroatoms. The molecule has 88 valence electrons. The summed E-state index contributed by atoms with van der Waals surface area (Å²) in [6.45, 7) is 8.35. The van der Waals surface area contributed by atoms with Crippen LogP contribution in [0.4, 0.5) is 0 Å². The van der Waals surface area contributed by atoms with E-state index in [2.05, 4.69) is 31.1 Å². The first kappa shape index (κ1) is 13.0. The van der Waals surface area contributed by atoms with Gasteiger partial charge in [-0.25, -0.2) is 0 Å². The second kappa shape index (κ2) is 5.33. The zero-order valence-corrected chi connectivity index (χ0v) is 11.2. The van der Waals surface area contributed by atoms with E-state index in [0.717, 1.165) is 0 Å². The Bertz CT molecular complexity index is 344. The summed E-state index contributed by atoms with van der Waals surface area (Å²) in [7, 11) is -1.34. The first-order valence-corrected chi connectivity index (χ1v) is 8.87. The molecule has 0 saturated heterocycles.